The van der Waals surface area contributed by atoms with Crippen LogP contribution in [0.4, 0.5) is 5.69 Å². The van der Waals surface area contributed by atoms with Crippen LogP contribution in [0.25, 0.3) is 0 Å². The molecule has 30 heavy (non-hydrogen) atoms. The summed E-state index contributed by atoms with van der Waals surface area (Å²) in [5, 5.41) is 2.68. The van der Waals surface area contributed by atoms with Gasteiger partial charge < -0.3 is 19.5 Å². The van der Waals surface area contributed by atoms with Gasteiger partial charge in [-0.2, -0.15) is 0 Å². The molecule has 0 aliphatic rings. The monoisotopic (exact) mass is 405 g/mol. The van der Waals surface area contributed by atoms with Crippen LogP contribution in [0.3, 0.4) is 0 Å². The van der Waals surface area contributed by atoms with Gasteiger partial charge in [0.05, 0.1) is 19.8 Å². The Morgan fingerprint density at radius 2 is 1.47 bits per heavy atom. The van der Waals surface area contributed by atoms with E-state index in [-0.39, 0.29) is 0 Å². The summed E-state index contributed by atoms with van der Waals surface area (Å²) in [6.07, 6.45) is 0.599. The molecule has 0 atom stereocenters. The van der Waals surface area contributed by atoms with Gasteiger partial charge in [-0.3, -0.25) is 4.79 Å². The lowest BCUT2D eigenvalue weighted by molar-refractivity contribution is -0.119. The summed E-state index contributed by atoms with van der Waals surface area (Å²) in [7, 11) is 3.05. The molecule has 0 aliphatic heterocycles. The quantitative estimate of drug-likeness (QED) is 0.572. The first-order chi connectivity index (χ1) is 14.6. The second-order valence-electron chi connectivity index (χ2n) is 6.55. The van der Waals surface area contributed by atoms with Crippen molar-refractivity contribution in [3.63, 3.8) is 0 Å². The van der Waals surface area contributed by atoms with Crippen LogP contribution in [0, 0.1) is 0 Å². The first-order valence-corrected chi connectivity index (χ1v) is 9.41. The zero-order valence-corrected chi connectivity index (χ0v) is 16.9. The van der Waals surface area contributed by atoms with Crippen LogP contribution in [0.15, 0.2) is 72.8 Å². The second-order valence-corrected chi connectivity index (χ2v) is 6.55. The van der Waals surface area contributed by atoms with Gasteiger partial charge in [0.1, 0.15) is 11.5 Å². The second kappa shape index (κ2) is 10.1. The van der Waals surface area contributed by atoms with Crippen molar-refractivity contribution in [2.75, 3.05) is 26.1 Å². The Kier molecular flexibility index (Phi) is 7.05. The Hall–Kier alpha value is -3.80. The number of ether oxygens (including phenoxy) is 3. The summed E-state index contributed by atoms with van der Waals surface area (Å²) < 4.78 is 15.6. The average Bonchev–Trinajstić information content (AvgIpc) is 2.78. The van der Waals surface area contributed by atoms with Gasteiger partial charge in [0.15, 0.2) is 6.61 Å². The molecule has 0 aliphatic carbocycles. The summed E-state index contributed by atoms with van der Waals surface area (Å²) in [6, 6.07) is 22.1. The van der Waals surface area contributed by atoms with Gasteiger partial charge in [-0.05, 0) is 23.6 Å². The number of amides is 1. The molecule has 0 fully saturated rings. The minimum Gasteiger partial charge on any atom is -0.497 e. The van der Waals surface area contributed by atoms with Crippen molar-refractivity contribution in [1.29, 1.82) is 0 Å². The highest BCUT2D eigenvalue weighted by Crippen LogP contribution is 2.25. The van der Waals surface area contributed by atoms with E-state index in [4.69, 9.17) is 14.2 Å². The molecule has 1 amide bonds. The van der Waals surface area contributed by atoms with E-state index in [0.29, 0.717) is 29.2 Å². The molecule has 0 heterocycles. The summed E-state index contributed by atoms with van der Waals surface area (Å²) in [5.74, 6) is 0.0760. The fourth-order valence-electron chi connectivity index (χ4n) is 2.97. The molecule has 6 nitrogen and oxygen atoms in total. The lowest BCUT2D eigenvalue weighted by Gasteiger charge is -2.11. The van der Waals surface area contributed by atoms with E-state index in [0.717, 1.165) is 11.1 Å². The van der Waals surface area contributed by atoms with Crippen molar-refractivity contribution < 1.29 is 23.8 Å². The highest BCUT2D eigenvalue weighted by molar-refractivity contribution is 5.96. The maximum atomic E-state index is 12.6. The Labute approximate surface area is 175 Å². The Morgan fingerprint density at radius 1 is 0.833 bits per heavy atom. The maximum Gasteiger partial charge on any atom is 0.338 e. The number of carbonyl (C=O) groups is 2. The van der Waals surface area contributed by atoms with Crippen LogP contribution in [0.2, 0.25) is 0 Å². The van der Waals surface area contributed by atoms with Gasteiger partial charge >= 0.3 is 5.97 Å². The Bertz CT molecular complexity index is 995. The molecule has 0 saturated carbocycles. The largest absolute Gasteiger partial charge is 0.497 e. The van der Waals surface area contributed by atoms with Crippen LogP contribution >= 0.6 is 0 Å². The summed E-state index contributed by atoms with van der Waals surface area (Å²) in [6.45, 7) is -0.405. The number of rotatable bonds is 8. The molecular weight excluding hydrogens is 382 g/mol. The lowest BCUT2D eigenvalue weighted by Crippen LogP contribution is -2.21. The maximum absolute atomic E-state index is 12.6. The highest BCUT2D eigenvalue weighted by Gasteiger charge is 2.15. The molecule has 6 heteroatoms. The summed E-state index contributed by atoms with van der Waals surface area (Å²) >= 11 is 0. The third-order valence-electron chi connectivity index (χ3n) is 4.44. The number of hydrogen-bond acceptors (Lipinski definition) is 5. The fourth-order valence-corrected chi connectivity index (χ4v) is 2.97. The van der Waals surface area contributed by atoms with Crippen molar-refractivity contribution in [3.05, 3.63) is 89.5 Å². The molecule has 0 saturated heterocycles. The predicted molar refractivity (Wildman–Crippen MR) is 114 cm³/mol. The molecule has 3 aromatic carbocycles. The van der Waals surface area contributed by atoms with Crippen molar-refractivity contribution in [1.82, 2.24) is 0 Å². The topological polar surface area (TPSA) is 73.9 Å². The minimum absolute atomic E-state index is 0.405. The average molecular weight is 405 g/mol. The van der Waals surface area contributed by atoms with Crippen molar-refractivity contribution in [3.8, 4) is 11.5 Å². The van der Waals surface area contributed by atoms with E-state index in [1.165, 1.54) is 14.2 Å². The number of benzene rings is 3. The molecule has 3 rings (SSSR count). The molecule has 0 bridgehead atoms. The third-order valence-corrected chi connectivity index (χ3v) is 4.44. The van der Waals surface area contributed by atoms with Crippen LogP contribution in [0.5, 0.6) is 11.5 Å². The lowest BCUT2D eigenvalue weighted by atomic mass is 10.00. The van der Waals surface area contributed by atoms with Crippen molar-refractivity contribution in [2.45, 2.75) is 6.42 Å². The normalized spacial score (nSPS) is 10.2. The molecule has 0 radical (unpaired) electrons. The standard InChI is InChI=1S/C24H23NO5/c1-28-20-13-19(14-21(15-20)29-2)25-23(26)16-30-24(27)22-11-7-6-10-18(22)12-17-8-4-3-5-9-17/h3-11,13-15H,12,16H2,1-2H3,(H,25,26). The van der Waals surface area contributed by atoms with Gasteiger partial charge in [0.25, 0.3) is 5.91 Å². The van der Waals surface area contributed by atoms with Crippen LogP contribution < -0.4 is 14.8 Å². The summed E-state index contributed by atoms with van der Waals surface area (Å²) in [5.41, 5.74) is 2.85. The van der Waals surface area contributed by atoms with Crippen LogP contribution in [-0.2, 0) is 16.0 Å². The summed E-state index contributed by atoms with van der Waals surface area (Å²) in [4.78, 5) is 24.8. The molecule has 154 valence electrons. The molecule has 0 aromatic heterocycles. The van der Waals surface area contributed by atoms with E-state index in [9.17, 15) is 9.59 Å². The number of nitrogens with one attached hydrogen (secondary N) is 1. The van der Waals surface area contributed by atoms with Crippen LogP contribution in [0.1, 0.15) is 21.5 Å². The molecular formula is C24H23NO5. The minimum atomic E-state index is -0.542. The van der Waals surface area contributed by atoms with E-state index in [2.05, 4.69) is 5.32 Å². The zero-order valence-electron chi connectivity index (χ0n) is 16.9. The zero-order chi connectivity index (χ0) is 21.3. The van der Waals surface area contributed by atoms with E-state index in [1.807, 2.05) is 42.5 Å². The van der Waals surface area contributed by atoms with E-state index in [1.54, 1.807) is 30.3 Å². The third kappa shape index (κ3) is 5.61. The SMILES string of the molecule is COc1cc(NC(=O)COC(=O)c2ccccc2Cc2ccccc2)cc(OC)c1. The van der Waals surface area contributed by atoms with E-state index >= 15 is 0 Å². The molecule has 3 aromatic rings. The van der Waals surface area contributed by atoms with Gasteiger partial charge in [-0.25, -0.2) is 4.79 Å². The fraction of sp³-hybridized carbons (Fsp3) is 0.167. The number of esters is 1. The number of hydrogen-bond donors (Lipinski definition) is 1. The number of anilines is 1. The molecule has 0 spiro atoms. The predicted octanol–water partition coefficient (Wildman–Crippen LogP) is 4.09. The van der Waals surface area contributed by atoms with Crippen molar-refractivity contribution in [2.24, 2.45) is 0 Å². The van der Waals surface area contributed by atoms with Crippen molar-refractivity contribution >= 4 is 17.6 Å². The van der Waals surface area contributed by atoms with Gasteiger partial charge in [-0.1, -0.05) is 48.5 Å². The van der Waals surface area contributed by atoms with Gasteiger partial charge in [0, 0.05) is 23.9 Å². The molecule has 1 N–H and O–H groups in total. The number of carbonyl (C=O) groups excluding carboxylic acids is 2. The first kappa shape index (κ1) is 20.9. The van der Waals surface area contributed by atoms with Gasteiger partial charge in [-0.15, -0.1) is 0 Å². The highest BCUT2D eigenvalue weighted by atomic mass is 16.5. The van der Waals surface area contributed by atoms with Gasteiger partial charge in [0.2, 0.25) is 0 Å². The van der Waals surface area contributed by atoms with Crippen LogP contribution in [-0.4, -0.2) is 32.7 Å². The van der Waals surface area contributed by atoms with E-state index < -0.39 is 18.5 Å². The first-order valence-electron chi connectivity index (χ1n) is 9.41. The Morgan fingerprint density at radius 3 is 2.13 bits per heavy atom. The number of methoxy groups -OCH3 is 2. The molecule has 0 unspecified atom stereocenters. The Balaban J connectivity index is 1.63. The smallest absolute Gasteiger partial charge is 0.338 e.